The molecule has 140 valence electrons. The molecule has 0 spiro atoms. The molecule has 12 heteroatoms. The summed E-state index contributed by atoms with van der Waals surface area (Å²) in [6, 6.07) is -0.720. The fourth-order valence-corrected chi connectivity index (χ4v) is 4.68. The average Bonchev–Trinajstić information content (AvgIpc) is 2.91. The van der Waals surface area contributed by atoms with Gasteiger partial charge in [-0.2, -0.15) is 0 Å². The van der Waals surface area contributed by atoms with Gasteiger partial charge in [-0.05, 0) is 18.4 Å². The van der Waals surface area contributed by atoms with Gasteiger partial charge in [0.1, 0.15) is 10.8 Å². The molecule has 0 saturated heterocycles. The van der Waals surface area contributed by atoms with Crippen LogP contribution in [-0.2, 0) is 19.5 Å². The molecular weight excluding hydrogens is 392 g/mol. The van der Waals surface area contributed by atoms with E-state index in [2.05, 4.69) is 4.36 Å². The lowest BCUT2D eigenvalue weighted by atomic mass is 10.0. The van der Waals surface area contributed by atoms with Crippen molar-refractivity contribution in [2.24, 2.45) is 16.0 Å². The maximum Gasteiger partial charge on any atom is 0.328 e. The highest BCUT2D eigenvalue weighted by Crippen LogP contribution is 2.25. The molecular formula is C13H19ClN4O5S2. The van der Waals surface area contributed by atoms with Crippen molar-refractivity contribution in [3.8, 4) is 0 Å². The van der Waals surface area contributed by atoms with Crippen LogP contribution in [0.15, 0.2) is 20.0 Å². The third-order valence-corrected chi connectivity index (χ3v) is 6.31. The van der Waals surface area contributed by atoms with Crippen molar-refractivity contribution in [1.29, 1.82) is 0 Å². The normalized spacial score (nSPS) is 14.4. The largest absolute Gasteiger partial charge is 0.480 e. The summed E-state index contributed by atoms with van der Waals surface area (Å²) in [5.41, 5.74) is 5.74. The second-order valence-electron chi connectivity index (χ2n) is 5.45. The van der Waals surface area contributed by atoms with Crippen molar-refractivity contribution in [3.63, 3.8) is 0 Å². The number of nitrogens with one attached hydrogen (secondary N) is 2. The van der Waals surface area contributed by atoms with E-state index < -0.39 is 40.4 Å². The Bertz CT molecular complexity index is 770. The zero-order valence-corrected chi connectivity index (χ0v) is 15.9. The summed E-state index contributed by atoms with van der Waals surface area (Å²) in [4.78, 5) is 34.4. The second-order valence-corrected chi connectivity index (χ2v) is 8.94. The molecule has 2 atom stereocenters. The molecule has 9 nitrogen and oxygen atoms in total. The molecule has 1 rings (SSSR count). The van der Waals surface area contributed by atoms with Gasteiger partial charge in [0.15, 0.2) is 9.92 Å². The highest BCUT2D eigenvalue weighted by Gasteiger charge is 2.23. The summed E-state index contributed by atoms with van der Waals surface area (Å²) >= 11 is 6.74. The molecule has 0 aliphatic rings. The molecule has 0 aliphatic carbocycles. The summed E-state index contributed by atoms with van der Waals surface area (Å²) < 4.78 is 18.7. The highest BCUT2D eigenvalue weighted by molar-refractivity contribution is 7.94. The van der Waals surface area contributed by atoms with E-state index in [4.69, 9.17) is 22.4 Å². The lowest BCUT2D eigenvalue weighted by Crippen LogP contribution is -2.42. The van der Waals surface area contributed by atoms with Crippen molar-refractivity contribution < 1.29 is 23.7 Å². The van der Waals surface area contributed by atoms with Crippen LogP contribution in [-0.4, -0.2) is 39.8 Å². The Hall–Kier alpha value is -1.69. The Balaban J connectivity index is 3.14. The first-order chi connectivity index (χ1) is 11.5. The van der Waals surface area contributed by atoms with Crippen molar-refractivity contribution in [2.75, 3.05) is 6.54 Å². The fraction of sp³-hybridized carbons (Fsp3) is 0.462. The predicted molar refractivity (Wildman–Crippen MR) is 94.8 cm³/mol. The number of carboxylic acids is 1. The lowest BCUT2D eigenvalue weighted by molar-refractivity contribution is -0.135. The van der Waals surface area contributed by atoms with Crippen LogP contribution in [0.3, 0.4) is 0 Å². The summed E-state index contributed by atoms with van der Waals surface area (Å²) in [5.74, 6) is -2.00. The zero-order valence-electron chi connectivity index (χ0n) is 13.5. The molecule has 0 fully saturated rings. The first-order valence-corrected chi connectivity index (χ1v) is 9.88. The maximum absolute atomic E-state index is 13.0. The molecule has 1 aromatic rings. The van der Waals surface area contributed by atoms with Crippen molar-refractivity contribution in [2.45, 2.75) is 30.5 Å². The number of nitrogens with two attached hydrogens (primary N) is 1. The van der Waals surface area contributed by atoms with Gasteiger partial charge in [0.25, 0.3) is 5.91 Å². The molecule has 2 unspecified atom stereocenters. The van der Waals surface area contributed by atoms with Crippen molar-refractivity contribution in [1.82, 2.24) is 10.0 Å². The van der Waals surface area contributed by atoms with E-state index in [9.17, 15) is 18.6 Å². The Morgan fingerprint density at radius 1 is 1.44 bits per heavy atom. The van der Waals surface area contributed by atoms with Gasteiger partial charge in [-0.1, -0.05) is 25.4 Å². The zero-order chi connectivity index (χ0) is 19.2. The Kier molecular flexibility index (Phi) is 7.80. The molecule has 0 aromatic carbocycles. The molecule has 5 N–H and O–H groups in total. The summed E-state index contributed by atoms with van der Waals surface area (Å²) in [6.07, 6.45) is 0.328. The quantitative estimate of drug-likeness (QED) is 0.533. The van der Waals surface area contributed by atoms with Gasteiger partial charge in [0.2, 0.25) is 0 Å². The van der Waals surface area contributed by atoms with Gasteiger partial charge in [-0.15, -0.1) is 15.7 Å². The van der Waals surface area contributed by atoms with Crippen molar-refractivity contribution in [3.05, 3.63) is 16.5 Å². The molecule has 0 radical (unpaired) electrons. The predicted octanol–water partition coefficient (Wildman–Crippen LogP) is 1.43. The number of nitrogens with zero attached hydrogens (tertiary/aromatic N) is 1. The molecule has 1 aromatic heterocycles. The smallest absolute Gasteiger partial charge is 0.328 e. The minimum atomic E-state index is -3.70. The van der Waals surface area contributed by atoms with Crippen LogP contribution in [0.2, 0.25) is 5.02 Å². The molecule has 25 heavy (non-hydrogen) atoms. The van der Waals surface area contributed by atoms with Gasteiger partial charge in [0, 0.05) is 5.38 Å². The maximum atomic E-state index is 13.0. The van der Waals surface area contributed by atoms with E-state index in [1.807, 2.05) is 23.9 Å². The van der Waals surface area contributed by atoms with Crippen LogP contribution < -0.4 is 15.8 Å². The number of thiophene rings is 1. The number of hydrogen-bond donors (Lipinski definition) is 4. The number of rotatable bonds is 7. The van der Waals surface area contributed by atoms with Gasteiger partial charge in [0.05, 0.1) is 11.1 Å². The first kappa shape index (κ1) is 21.4. The van der Waals surface area contributed by atoms with Gasteiger partial charge in [-0.3, -0.25) is 9.59 Å². The number of hydrogen-bond acceptors (Lipinski definition) is 6. The molecule has 0 saturated carbocycles. The summed E-state index contributed by atoms with van der Waals surface area (Å²) in [5, 5.41) is 12.3. The molecule has 1 heterocycles. The fourth-order valence-electron chi connectivity index (χ4n) is 1.68. The van der Waals surface area contributed by atoms with Crippen LogP contribution in [0.25, 0.3) is 0 Å². The molecule has 3 amide bonds. The van der Waals surface area contributed by atoms with Crippen LogP contribution in [0.4, 0.5) is 4.79 Å². The van der Waals surface area contributed by atoms with Gasteiger partial charge < -0.3 is 16.2 Å². The van der Waals surface area contributed by atoms with E-state index in [1.54, 1.807) is 0 Å². The van der Waals surface area contributed by atoms with E-state index in [1.165, 1.54) is 11.4 Å². The monoisotopic (exact) mass is 410 g/mol. The topological polar surface area (TPSA) is 151 Å². The molecule has 0 bridgehead atoms. The number of carbonyl (C=O) groups excluding carboxylic acids is 2. The minimum Gasteiger partial charge on any atom is -0.480 e. The number of aliphatic carboxylic acids is 1. The third kappa shape index (κ3) is 6.98. The van der Waals surface area contributed by atoms with E-state index in [0.29, 0.717) is 6.42 Å². The summed E-state index contributed by atoms with van der Waals surface area (Å²) in [7, 11) is -3.70. The lowest BCUT2D eigenvalue weighted by Gasteiger charge is -2.13. The van der Waals surface area contributed by atoms with Gasteiger partial charge >= 0.3 is 12.0 Å². The first-order valence-electron chi connectivity index (χ1n) is 7.11. The van der Waals surface area contributed by atoms with Crippen LogP contribution in [0.1, 0.15) is 20.3 Å². The van der Waals surface area contributed by atoms with E-state index in [0.717, 1.165) is 11.3 Å². The number of urea groups is 1. The van der Waals surface area contributed by atoms with Crippen molar-refractivity contribution >= 4 is 50.8 Å². The van der Waals surface area contributed by atoms with E-state index >= 15 is 0 Å². The molecule has 0 aliphatic heterocycles. The Labute approximate surface area is 154 Å². The second kappa shape index (κ2) is 9.13. The standard InChI is InChI=1S/C13H19ClN4O5S2/c1-7(2)3-9(15)12(21)17-25(23,11-4-8(14)6-24-11)18-13(22)16-5-10(19)20/h4,6-7,9H,3,5,15H2,1-2H3,(H,19,20)(H2,16,17,18,21,22,23). The number of carboxylic acid groups (broad SMARTS) is 1. The van der Waals surface area contributed by atoms with Gasteiger partial charge in [-0.25, -0.2) is 13.7 Å². The van der Waals surface area contributed by atoms with E-state index in [-0.39, 0.29) is 15.1 Å². The average molecular weight is 411 g/mol. The minimum absolute atomic E-state index is 0.0491. The highest BCUT2D eigenvalue weighted by atomic mass is 35.5. The third-order valence-electron chi connectivity index (χ3n) is 2.71. The van der Waals surface area contributed by atoms with Crippen LogP contribution >= 0.6 is 22.9 Å². The Morgan fingerprint density at radius 2 is 2.08 bits per heavy atom. The van der Waals surface area contributed by atoms with Crippen LogP contribution in [0, 0.1) is 5.92 Å². The SMILES string of the molecule is CC(C)CC(N)C(=O)N=S(=O)(NC(=O)NCC(=O)O)c1cc(Cl)cs1. The number of halogens is 1. The number of carbonyl (C=O) groups is 3. The summed E-state index contributed by atoms with van der Waals surface area (Å²) in [6.45, 7) is 3.04. The number of amides is 3. The van der Waals surface area contributed by atoms with Crippen LogP contribution in [0.5, 0.6) is 0 Å². The Morgan fingerprint density at radius 3 is 2.56 bits per heavy atom.